The van der Waals surface area contributed by atoms with Crippen LogP contribution in [0.25, 0.3) is 32.8 Å². The van der Waals surface area contributed by atoms with Crippen LogP contribution in [0.1, 0.15) is 53.0 Å². The minimum atomic E-state index is -4.81. The van der Waals surface area contributed by atoms with Crippen molar-refractivity contribution < 1.29 is 59.8 Å². The Morgan fingerprint density at radius 3 is 2.46 bits per heavy atom. The number of halogens is 5. The number of hydrogen-bond donors (Lipinski definition) is 0. The number of nitrogens with zero attached hydrogens (tertiary/aromatic N) is 4. The molecule has 0 bridgehead atoms. The number of anilines is 1. The SMILES string of the molecule is CCOC(=O)COCCc1c(F)ccc2cc(OCOC)cc(-c3c([N+](=O)[O-])cc4c(N5CCC[C@@](C)(O[Si](C)(C)C(C)(C)C)C5)nc(OCC(F)(F)F)nc4c3F)c12. The number of carbonyl (C=O) groups excluding carboxylic acids is 1. The zero-order valence-corrected chi connectivity index (χ0v) is 35.3. The maximum atomic E-state index is 17.5. The first-order valence-electron chi connectivity index (χ1n) is 19.0. The highest BCUT2D eigenvalue weighted by molar-refractivity contribution is 6.74. The Morgan fingerprint density at radius 2 is 1.81 bits per heavy atom. The van der Waals surface area contributed by atoms with Crippen molar-refractivity contribution in [2.75, 3.05) is 58.3 Å². The third kappa shape index (κ3) is 10.5. The third-order valence-corrected chi connectivity index (χ3v) is 15.1. The fraction of sp³-hybridized carbons (Fsp3) is 0.525. The average molecular weight is 853 g/mol. The van der Waals surface area contributed by atoms with E-state index in [0.717, 1.165) is 12.1 Å². The Hall–Kier alpha value is -4.72. The van der Waals surface area contributed by atoms with Gasteiger partial charge >= 0.3 is 18.2 Å². The van der Waals surface area contributed by atoms with E-state index in [0.29, 0.717) is 19.4 Å². The van der Waals surface area contributed by atoms with Crippen LogP contribution in [0.15, 0.2) is 30.3 Å². The van der Waals surface area contributed by atoms with E-state index in [1.165, 1.54) is 25.3 Å². The molecule has 0 aliphatic carbocycles. The number of fused-ring (bicyclic) bond motifs is 2. The molecule has 0 saturated carbocycles. The lowest BCUT2D eigenvalue weighted by molar-refractivity contribution is -0.384. The fourth-order valence-corrected chi connectivity index (χ4v) is 8.65. The lowest BCUT2D eigenvalue weighted by Crippen LogP contribution is -2.55. The fourth-order valence-electron chi connectivity index (χ4n) is 6.94. The number of alkyl halides is 3. The van der Waals surface area contributed by atoms with Gasteiger partial charge in [0.1, 0.15) is 29.5 Å². The first kappa shape index (κ1) is 45.4. The van der Waals surface area contributed by atoms with Crippen LogP contribution < -0.4 is 14.4 Å². The molecule has 322 valence electrons. The molecule has 1 aliphatic rings. The average Bonchev–Trinajstić information content (AvgIpc) is 3.14. The number of piperidine rings is 1. The normalized spacial score (nSPS) is 16.5. The number of hydrogen-bond acceptors (Lipinski definition) is 12. The lowest BCUT2D eigenvalue weighted by atomic mass is 9.90. The molecule has 1 aliphatic heterocycles. The van der Waals surface area contributed by atoms with Gasteiger partial charge in [-0.25, -0.2) is 13.6 Å². The van der Waals surface area contributed by atoms with Gasteiger partial charge in [0.15, 0.2) is 27.5 Å². The van der Waals surface area contributed by atoms with Crippen molar-refractivity contribution in [3.05, 3.63) is 57.6 Å². The van der Waals surface area contributed by atoms with Gasteiger partial charge in [0.25, 0.3) is 5.69 Å². The van der Waals surface area contributed by atoms with Crippen molar-refractivity contribution in [2.24, 2.45) is 0 Å². The van der Waals surface area contributed by atoms with Crippen molar-refractivity contribution in [2.45, 2.75) is 83.8 Å². The second-order valence-electron chi connectivity index (χ2n) is 16.1. The van der Waals surface area contributed by atoms with Crippen molar-refractivity contribution in [1.29, 1.82) is 0 Å². The van der Waals surface area contributed by atoms with Gasteiger partial charge < -0.3 is 33.0 Å². The van der Waals surface area contributed by atoms with E-state index >= 15 is 8.78 Å². The summed E-state index contributed by atoms with van der Waals surface area (Å²) in [6.45, 7) is 11.9. The van der Waals surface area contributed by atoms with Gasteiger partial charge in [0, 0.05) is 31.8 Å². The van der Waals surface area contributed by atoms with Crippen molar-refractivity contribution >= 4 is 47.5 Å². The molecule has 1 aromatic heterocycles. The van der Waals surface area contributed by atoms with E-state index < -0.39 is 78.6 Å². The van der Waals surface area contributed by atoms with Gasteiger partial charge in [-0.05, 0) is 85.8 Å². The second-order valence-corrected chi connectivity index (χ2v) is 20.8. The summed E-state index contributed by atoms with van der Waals surface area (Å²) in [4.78, 5) is 34.1. The van der Waals surface area contributed by atoms with Gasteiger partial charge in [-0.3, -0.25) is 10.1 Å². The molecule has 0 amide bonds. The molecular formula is C40H49F5N4O9Si. The van der Waals surface area contributed by atoms with Gasteiger partial charge in [-0.1, -0.05) is 26.8 Å². The highest BCUT2D eigenvalue weighted by atomic mass is 28.4. The molecule has 2 heterocycles. The molecule has 0 N–H and O–H groups in total. The van der Waals surface area contributed by atoms with Crippen LogP contribution in [-0.2, 0) is 29.9 Å². The van der Waals surface area contributed by atoms with E-state index in [1.807, 2.05) is 6.92 Å². The first-order valence-corrected chi connectivity index (χ1v) is 21.9. The smallest absolute Gasteiger partial charge is 0.422 e. The van der Waals surface area contributed by atoms with E-state index in [-0.39, 0.29) is 76.9 Å². The quantitative estimate of drug-likeness (QED) is 0.0202. The van der Waals surface area contributed by atoms with Crippen LogP contribution in [0.2, 0.25) is 18.1 Å². The number of ether oxygens (including phenoxy) is 5. The van der Waals surface area contributed by atoms with Crippen LogP contribution in [0.5, 0.6) is 11.8 Å². The first-order chi connectivity index (χ1) is 27.6. The van der Waals surface area contributed by atoms with Crippen molar-refractivity contribution in [1.82, 2.24) is 9.97 Å². The van der Waals surface area contributed by atoms with Crippen molar-refractivity contribution in [3.8, 4) is 22.9 Å². The molecule has 1 atom stereocenters. The highest BCUT2D eigenvalue weighted by Gasteiger charge is 2.45. The molecule has 4 aromatic rings. The van der Waals surface area contributed by atoms with Gasteiger partial charge in [-0.2, -0.15) is 23.1 Å². The molecule has 1 saturated heterocycles. The van der Waals surface area contributed by atoms with E-state index in [1.54, 1.807) is 11.8 Å². The summed E-state index contributed by atoms with van der Waals surface area (Å²) in [5.41, 5.74) is -2.97. The van der Waals surface area contributed by atoms with Crippen molar-refractivity contribution in [3.63, 3.8) is 0 Å². The number of nitro groups is 1. The molecule has 0 unspecified atom stereocenters. The number of benzene rings is 3. The Bertz CT molecular complexity index is 2200. The minimum Gasteiger partial charge on any atom is -0.468 e. The van der Waals surface area contributed by atoms with Crippen LogP contribution in [-0.4, -0.2) is 94.4 Å². The second kappa shape index (κ2) is 17.9. The monoisotopic (exact) mass is 852 g/mol. The Labute approximate surface area is 339 Å². The largest absolute Gasteiger partial charge is 0.468 e. The van der Waals surface area contributed by atoms with Crippen LogP contribution in [0.3, 0.4) is 0 Å². The number of aromatic nitrogens is 2. The summed E-state index contributed by atoms with van der Waals surface area (Å²) in [5, 5.41) is 13.0. The van der Waals surface area contributed by atoms with E-state index in [2.05, 4.69) is 43.8 Å². The predicted octanol–water partition coefficient (Wildman–Crippen LogP) is 9.06. The number of nitro benzene ring substituents is 1. The van der Waals surface area contributed by atoms with Gasteiger partial charge in [0.2, 0.25) is 0 Å². The molecule has 3 aromatic carbocycles. The molecule has 5 rings (SSSR count). The van der Waals surface area contributed by atoms with Crippen LogP contribution >= 0.6 is 0 Å². The molecule has 19 heteroatoms. The van der Waals surface area contributed by atoms with E-state index in [4.69, 9.17) is 28.1 Å². The van der Waals surface area contributed by atoms with Crippen LogP contribution in [0.4, 0.5) is 33.5 Å². The third-order valence-electron chi connectivity index (χ3n) is 10.5. The number of carbonyl (C=O) groups is 1. The minimum absolute atomic E-state index is 0.0274. The topological polar surface area (TPSA) is 145 Å². The highest BCUT2D eigenvalue weighted by Crippen LogP contribution is 2.47. The summed E-state index contributed by atoms with van der Waals surface area (Å²) in [7, 11) is -1.01. The number of esters is 1. The predicted molar refractivity (Wildman–Crippen MR) is 212 cm³/mol. The Kier molecular flexibility index (Phi) is 13.7. The number of rotatable bonds is 16. The van der Waals surface area contributed by atoms with Crippen LogP contribution in [0, 0.1) is 21.7 Å². The molecule has 59 heavy (non-hydrogen) atoms. The Morgan fingerprint density at radius 1 is 1.08 bits per heavy atom. The molecular weight excluding hydrogens is 804 g/mol. The lowest BCUT2D eigenvalue weighted by Gasteiger charge is -2.48. The molecule has 13 nitrogen and oxygen atoms in total. The maximum absolute atomic E-state index is 17.5. The molecule has 0 spiro atoms. The summed E-state index contributed by atoms with van der Waals surface area (Å²) < 4.78 is 107. The molecule has 1 fully saturated rings. The van der Waals surface area contributed by atoms with Gasteiger partial charge in [0.05, 0.1) is 34.7 Å². The zero-order valence-electron chi connectivity index (χ0n) is 34.3. The van der Waals surface area contributed by atoms with Gasteiger partial charge in [-0.15, -0.1) is 0 Å². The number of methoxy groups -OCH3 is 1. The summed E-state index contributed by atoms with van der Waals surface area (Å²) in [5.74, 6) is -2.71. The standard InChI is InChI=1S/C40H49F5N4O9Si/c1-9-55-31(50)20-54-16-13-26-29(41)12-11-24-17-25(57-23-53-6)18-27(32(24)26)33-30(49(51)52)19-28-35(34(33)42)46-37(56-22-40(43,44)45)47-36(28)48-15-10-14-39(5,21-48)58-59(7,8)38(2,3)4/h11-12,17-19H,9-10,13-16,20-23H2,1-8H3/t39-/m1/s1. The maximum Gasteiger partial charge on any atom is 0.422 e. The zero-order chi connectivity index (χ0) is 43.5. The summed E-state index contributed by atoms with van der Waals surface area (Å²) in [6, 6.07) is 5.57. The summed E-state index contributed by atoms with van der Waals surface area (Å²) in [6.07, 6.45) is -3.78. The Balaban J connectivity index is 1.76. The summed E-state index contributed by atoms with van der Waals surface area (Å²) >= 11 is 0. The molecule has 0 radical (unpaired) electrons. The van der Waals surface area contributed by atoms with E-state index in [9.17, 15) is 28.1 Å².